The monoisotopic (exact) mass is 381 g/mol. The molecule has 1 amide bonds. The van der Waals surface area contributed by atoms with Crippen molar-refractivity contribution in [2.24, 2.45) is 0 Å². The van der Waals surface area contributed by atoms with E-state index in [-0.39, 0.29) is 5.91 Å². The Morgan fingerprint density at radius 3 is 2.91 bits per heavy atom. The van der Waals surface area contributed by atoms with Crippen molar-refractivity contribution in [3.05, 3.63) is 56.3 Å². The molecule has 0 fully saturated rings. The standard InChI is InChI=1S/C15H9Cl2N3OS2/c16-9-1-3-12(17)11(5-9)13-7-23-15(19-13)20-14(21)4-2-10-6-22-8-18-10/h1-8H,(H,19,20,21)/b4-2+. The highest BCUT2D eigenvalue weighted by molar-refractivity contribution is 7.14. The second kappa shape index (κ2) is 7.23. The van der Waals surface area contributed by atoms with Crippen LogP contribution in [0.15, 0.2) is 40.5 Å². The van der Waals surface area contributed by atoms with Crippen LogP contribution in [0.5, 0.6) is 0 Å². The van der Waals surface area contributed by atoms with Crippen molar-refractivity contribution in [1.29, 1.82) is 0 Å². The van der Waals surface area contributed by atoms with Crippen molar-refractivity contribution in [3.8, 4) is 11.3 Å². The number of halogens is 2. The minimum atomic E-state index is -0.268. The summed E-state index contributed by atoms with van der Waals surface area (Å²) in [7, 11) is 0. The van der Waals surface area contributed by atoms with Crippen molar-refractivity contribution in [1.82, 2.24) is 9.97 Å². The number of rotatable bonds is 4. The van der Waals surface area contributed by atoms with Crippen LogP contribution in [-0.4, -0.2) is 15.9 Å². The molecule has 0 aliphatic carbocycles. The van der Waals surface area contributed by atoms with Crippen LogP contribution in [0.25, 0.3) is 17.3 Å². The summed E-state index contributed by atoms with van der Waals surface area (Å²) in [5, 5.41) is 8.00. The Morgan fingerprint density at radius 2 is 2.13 bits per heavy atom. The number of amides is 1. The number of thiazole rings is 2. The van der Waals surface area contributed by atoms with E-state index in [1.807, 2.05) is 10.8 Å². The van der Waals surface area contributed by atoms with E-state index in [1.165, 1.54) is 28.7 Å². The van der Waals surface area contributed by atoms with Crippen molar-refractivity contribution < 1.29 is 4.79 Å². The molecule has 3 rings (SSSR count). The Bertz CT molecular complexity index is 859. The molecule has 0 aliphatic heterocycles. The van der Waals surface area contributed by atoms with Gasteiger partial charge in [-0.15, -0.1) is 22.7 Å². The quantitative estimate of drug-likeness (QED) is 0.629. The molecule has 0 spiro atoms. The number of carbonyl (C=O) groups is 1. The van der Waals surface area contributed by atoms with Crippen LogP contribution in [0.3, 0.4) is 0 Å². The SMILES string of the molecule is O=C(/C=C/c1cscn1)Nc1nc(-c2cc(Cl)ccc2Cl)cs1. The van der Waals surface area contributed by atoms with Crippen LogP contribution in [0.1, 0.15) is 5.69 Å². The van der Waals surface area contributed by atoms with Gasteiger partial charge in [0.1, 0.15) is 0 Å². The minimum Gasteiger partial charge on any atom is -0.298 e. The molecule has 1 aromatic carbocycles. The Balaban J connectivity index is 1.72. The van der Waals surface area contributed by atoms with E-state index >= 15 is 0 Å². The van der Waals surface area contributed by atoms with E-state index in [1.54, 1.807) is 29.8 Å². The minimum absolute atomic E-state index is 0.268. The number of nitrogens with zero attached hydrogens (tertiary/aromatic N) is 2. The lowest BCUT2D eigenvalue weighted by Gasteiger charge is -2.01. The fraction of sp³-hybridized carbons (Fsp3) is 0. The fourth-order valence-electron chi connectivity index (χ4n) is 1.76. The maximum atomic E-state index is 11.9. The Morgan fingerprint density at radius 1 is 1.26 bits per heavy atom. The smallest absolute Gasteiger partial charge is 0.250 e. The summed E-state index contributed by atoms with van der Waals surface area (Å²) in [5.74, 6) is -0.268. The van der Waals surface area contributed by atoms with E-state index < -0.39 is 0 Å². The lowest BCUT2D eigenvalue weighted by atomic mass is 10.2. The number of benzene rings is 1. The van der Waals surface area contributed by atoms with Gasteiger partial charge in [0.05, 0.1) is 21.9 Å². The number of hydrogen-bond acceptors (Lipinski definition) is 5. The molecule has 23 heavy (non-hydrogen) atoms. The molecule has 4 nitrogen and oxygen atoms in total. The van der Waals surface area contributed by atoms with Crippen molar-refractivity contribution in [3.63, 3.8) is 0 Å². The van der Waals surface area contributed by atoms with Crippen molar-refractivity contribution in [2.45, 2.75) is 0 Å². The first-order valence-corrected chi connectivity index (χ1v) is 8.98. The zero-order chi connectivity index (χ0) is 16.2. The van der Waals surface area contributed by atoms with Crippen LogP contribution < -0.4 is 5.32 Å². The zero-order valence-corrected chi connectivity index (χ0v) is 14.6. The Labute approximate surface area is 150 Å². The number of hydrogen-bond donors (Lipinski definition) is 1. The van der Waals surface area contributed by atoms with Gasteiger partial charge in [0, 0.05) is 27.4 Å². The highest BCUT2D eigenvalue weighted by atomic mass is 35.5. The highest BCUT2D eigenvalue weighted by Crippen LogP contribution is 2.32. The van der Waals surface area contributed by atoms with Crippen LogP contribution in [-0.2, 0) is 4.79 Å². The summed E-state index contributed by atoms with van der Waals surface area (Å²) in [6.07, 6.45) is 3.07. The van der Waals surface area contributed by atoms with Gasteiger partial charge < -0.3 is 0 Å². The molecular formula is C15H9Cl2N3OS2. The Hall–Kier alpha value is -1.73. The third kappa shape index (κ3) is 4.17. The summed E-state index contributed by atoms with van der Waals surface area (Å²) in [6.45, 7) is 0. The summed E-state index contributed by atoms with van der Waals surface area (Å²) in [5.41, 5.74) is 3.85. The molecule has 2 heterocycles. The number of carbonyl (C=O) groups excluding carboxylic acids is 1. The van der Waals surface area contributed by atoms with Gasteiger partial charge in [-0.3, -0.25) is 10.1 Å². The summed E-state index contributed by atoms with van der Waals surface area (Å²) in [6, 6.07) is 5.17. The molecule has 3 aromatic rings. The van der Waals surface area contributed by atoms with Crippen LogP contribution >= 0.6 is 45.9 Å². The molecule has 0 saturated carbocycles. The lowest BCUT2D eigenvalue weighted by molar-refractivity contribution is -0.111. The second-order valence-electron chi connectivity index (χ2n) is 4.40. The number of aromatic nitrogens is 2. The van der Waals surface area contributed by atoms with E-state index in [9.17, 15) is 4.79 Å². The average Bonchev–Trinajstić information content (AvgIpc) is 3.19. The topological polar surface area (TPSA) is 54.9 Å². The van der Waals surface area contributed by atoms with E-state index in [0.29, 0.717) is 20.9 Å². The maximum Gasteiger partial charge on any atom is 0.250 e. The van der Waals surface area contributed by atoms with Gasteiger partial charge in [0.2, 0.25) is 5.91 Å². The lowest BCUT2D eigenvalue weighted by Crippen LogP contribution is -2.07. The predicted molar refractivity (Wildman–Crippen MR) is 97.3 cm³/mol. The predicted octanol–water partition coefficient (Wildman–Crippen LogP) is 5.23. The van der Waals surface area contributed by atoms with E-state index in [0.717, 1.165) is 11.3 Å². The highest BCUT2D eigenvalue weighted by Gasteiger charge is 2.10. The van der Waals surface area contributed by atoms with Crippen LogP contribution in [0.2, 0.25) is 10.0 Å². The summed E-state index contributed by atoms with van der Waals surface area (Å²) in [4.78, 5) is 20.3. The molecule has 1 N–H and O–H groups in total. The second-order valence-corrected chi connectivity index (χ2v) is 6.82. The van der Waals surface area contributed by atoms with Crippen molar-refractivity contribution in [2.75, 3.05) is 5.32 Å². The molecule has 2 aromatic heterocycles. The van der Waals surface area contributed by atoms with E-state index in [2.05, 4.69) is 15.3 Å². The largest absolute Gasteiger partial charge is 0.298 e. The Kier molecular flexibility index (Phi) is 5.07. The van der Waals surface area contributed by atoms with Crippen LogP contribution in [0, 0.1) is 0 Å². The van der Waals surface area contributed by atoms with Gasteiger partial charge in [0.15, 0.2) is 5.13 Å². The molecule has 0 aliphatic rings. The molecule has 116 valence electrons. The average molecular weight is 382 g/mol. The van der Waals surface area contributed by atoms with Gasteiger partial charge in [-0.05, 0) is 24.3 Å². The molecule has 0 atom stereocenters. The third-order valence-corrected chi connectivity index (χ3v) is 4.72. The molecule has 8 heteroatoms. The summed E-state index contributed by atoms with van der Waals surface area (Å²) >= 11 is 14.9. The first kappa shape index (κ1) is 16.1. The number of nitrogens with one attached hydrogen (secondary N) is 1. The molecular weight excluding hydrogens is 373 g/mol. The van der Waals surface area contributed by atoms with Gasteiger partial charge in [-0.2, -0.15) is 0 Å². The first-order chi connectivity index (χ1) is 11.1. The van der Waals surface area contributed by atoms with Crippen LogP contribution in [0.4, 0.5) is 5.13 Å². The molecule has 0 unspecified atom stereocenters. The molecule has 0 bridgehead atoms. The molecule has 0 radical (unpaired) electrons. The summed E-state index contributed by atoms with van der Waals surface area (Å²) < 4.78 is 0. The fourth-order valence-corrected chi connectivity index (χ4v) is 3.38. The third-order valence-electron chi connectivity index (χ3n) is 2.80. The van der Waals surface area contributed by atoms with Gasteiger partial charge in [0.25, 0.3) is 0 Å². The van der Waals surface area contributed by atoms with Gasteiger partial charge >= 0.3 is 0 Å². The van der Waals surface area contributed by atoms with Gasteiger partial charge in [-0.25, -0.2) is 9.97 Å². The van der Waals surface area contributed by atoms with Gasteiger partial charge in [-0.1, -0.05) is 23.2 Å². The normalized spacial score (nSPS) is 11.0. The zero-order valence-electron chi connectivity index (χ0n) is 11.5. The first-order valence-electron chi connectivity index (χ1n) is 6.40. The molecule has 0 saturated heterocycles. The van der Waals surface area contributed by atoms with E-state index in [4.69, 9.17) is 23.2 Å². The number of anilines is 1. The maximum absolute atomic E-state index is 11.9. The van der Waals surface area contributed by atoms with Crippen molar-refractivity contribution >= 4 is 63.0 Å².